The molecule has 2 heteroatoms. The smallest absolute Gasteiger partial charge is 0.0730 e. The summed E-state index contributed by atoms with van der Waals surface area (Å²) in [5.41, 5.74) is -0.00507. The third-order valence-corrected chi connectivity index (χ3v) is 3.28. The zero-order valence-corrected chi connectivity index (χ0v) is 9.38. The fraction of sp³-hybridized carbons (Fsp3) is 1.00. The minimum atomic E-state index is -0.139. The molecule has 0 aromatic heterocycles. The minimum Gasteiger partial charge on any atom is -0.391 e. The second-order valence-corrected chi connectivity index (χ2v) is 5.13. The maximum absolute atomic E-state index is 9.75. The molecule has 0 aromatic rings. The van der Waals surface area contributed by atoms with E-state index >= 15 is 0 Å². The molecule has 1 N–H and O–H groups in total. The van der Waals surface area contributed by atoms with Crippen molar-refractivity contribution in [2.45, 2.75) is 52.2 Å². The van der Waals surface area contributed by atoms with Crippen LogP contribution >= 0.6 is 0 Å². The minimum absolute atomic E-state index is 0.00507. The summed E-state index contributed by atoms with van der Waals surface area (Å²) in [5, 5.41) is 9.75. The number of hydrogen-bond donors (Lipinski definition) is 1. The molecule has 78 valence electrons. The van der Waals surface area contributed by atoms with Crippen LogP contribution < -0.4 is 0 Å². The molecule has 1 rings (SSSR count). The van der Waals surface area contributed by atoms with E-state index in [0.717, 1.165) is 25.4 Å². The van der Waals surface area contributed by atoms with E-state index in [0.29, 0.717) is 0 Å². The van der Waals surface area contributed by atoms with Crippen LogP contribution in [-0.4, -0.2) is 34.7 Å². The standard InChI is InChI=1S/C11H23NO/c1-9(2)5-7-12-8-6-10(13)11(12,3)4/h9-10,13H,5-8H2,1-4H3. The maximum Gasteiger partial charge on any atom is 0.0730 e. The first-order chi connectivity index (χ1) is 5.94. The molecule has 0 saturated carbocycles. The second-order valence-electron chi connectivity index (χ2n) is 5.13. The van der Waals surface area contributed by atoms with Crippen LogP contribution in [0.25, 0.3) is 0 Å². The number of rotatable bonds is 3. The molecule has 1 atom stereocenters. The predicted molar refractivity (Wildman–Crippen MR) is 55.7 cm³/mol. The van der Waals surface area contributed by atoms with Crippen molar-refractivity contribution in [2.75, 3.05) is 13.1 Å². The van der Waals surface area contributed by atoms with Crippen LogP contribution in [-0.2, 0) is 0 Å². The molecule has 1 aliphatic rings. The van der Waals surface area contributed by atoms with E-state index in [1.165, 1.54) is 6.42 Å². The van der Waals surface area contributed by atoms with Gasteiger partial charge >= 0.3 is 0 Å². The Morgan fingerprint density at radius 2 is 2.08 bits per heavy atom. The fourth-order valence-electron chi connectivity index (χ4n) is 1.94. The van der Waals surface area contributed by atoms with Gasteiger partial charge in [-0.25, -0.2) is 0 Å². The van der Waals surface area contributed by atoms with E-state index in [9.17, 15) is 5.11 Å². The Balaban J connectivity index is 2.43. The van der Waals surface area contributed by atoms with Crippen molar-refractivity contribution in [2.24, 2.45) is 5.92 Å². The van der Waals surface area contributed by atoms with Crippen molar-refractivity contribution in [3.8, 4) is 0 Å². The van der Waals surface area contributed by atoms with E-state index < -0.39 is 0 Å². The third kappa shape index (κ3) is 2.44. The van der Waals surface area contributed by atoms with Crippen LogP contribution in [0, 0.1) is 5.92 Å². The Labute approximate surface area is 81.9 Å². The van der Waals surface area contributed by atoms with Crippen LogP contribution in [0.5, 0.6) is 0 Å². The molecule has 0 radical (unpaired) electrons. The Kier molecular flexibility index (Phi) is 3.36. The van der Waals surface area contributed by atoms with Crippen molar-refractivity contribution in [3.63, 3.8) is 0 Å². The van der Waals surface area contributed by atoms with Gasteiger partial charge < -0.3 is 5.11 Å². The molecule has 1 saturated heterocycles. The van der Waals surface area contributed by atoms with Gasteiger partial charge in [-0.1, -0.05) is 13.8 Å². The van der Waals surface area contributed by atoms with Gasteiger partial charge in [0, 0.05) is 12.1 Å². The lowest BCUT2D eigenvalue weighted by atomic mass is 9.98. The number of aliphatic hydroxyl groups is 1. The predicted octanol–water partition coefficient (Wildman–Crippen LogP) is 1.88. The molecular formula is C11H23NO. The molecule has 0 amide bonds. The second kappa shape index (κ2) is 3.97. The molecule has 0 bridgehead atoms. The lowest BCUT2D eigenvalue weighted by molar-refractivity contribution is 0.0524. The van der Waals surface area contributed by atoms with E-state index in [2.05, 4.69) is 32.6 Å². The van der Waals surface area contributed by atoms with E-state index in [1.54, 1.807) is 0 Å². The topological polar surface area (TPSA) is 23.5 Å². The highest BCUT2D eigenvalue weighted by atomic mass is 16.3. The summed E-state index contributed by atoms with van der Waals surface area (Å²) in [6.07, 6.45) is 2.03. The SMILES string of the molecule is CC(C)CCN1CCC(O)C1(C)C. The highest BCUT2D eigenvalue weighted by Gasteiger charge is 2.39. The van der Waals surface area contributed by atoms with Crippen LogP contribution in [0.4, 0.5) is 0 Å². The quantitative estimate of drug-likeness (QED) is 0.725. The summed E-state index contributed by atoms with van der Waals surface area (Å²) in [7, 11) is 0. The van der Waals surface area contributed by atoms with Gasteiger partial charge in [0.15, 0.2) is 0 Å². The van der Waals surface area contributed by atoms with Crippen LogP contribution in [0.3, 0.4) is 0 Å². The largest absolute Gasteiger partial charge is 0.391 e. The van der Waals surface area contributed by atoms with Gasteiger partial charge in [0.25, 0.3) is 0 Å². The molecule has 1 heterocycles. The van der Waals surface area contributed by atoms with Crippen molar-refractivity contribution >= 4 is 0 Å². The molecule has 0 aliphatic carbocycles. The summed E-state index contributed by atoms with van der Waals surface area (Å²) < 4.78 is 0. The van der Waals surface area contributed by atoms with E-state index in [4.69, 9.17) is 0 Å². The monoisotopic (exact) mass is 185 g/mol. The molecule has 1 aliphatic heterocycles. The van der Waals surface area contributed by atoms with Crippen LogP contribution in [0.1, 0.15) is 40.5 Å². The van der Waals surface area contributed by atoms with Crippen LogP contribution in [0.15, 0.2) is 0 Å². The molecule has 13 heavy (non-hydrogen) atoms. The van der Waals surface area contributed by atoms with Gasteiger partial charge in [0.05, 0.1) is 6.10 Å². The maximum atomic E-state index is 9.75. The van der Waals surface area contributed by atoms with Crippen molar-refractivity contribution < 1.29 is 5.11 Å². The molecule has 0 spiro atoms. The van der Waals surface area contributed by atoms with Crippen molar-refractivity contribution in [3.05, 3.63) is 0 Å². The molecular weight excluding hydrogens is 162 g/mol. The first-order valence-electron chi connectivity index (χ1n) is 5.37. The Morgan fingerprint density at radius 1 is 1.46 bits per heavy atom. The average Bonchev–Trinajstić information content (AvgIpc) is 2.25. The van der Waals surface area contributed by atoms with Crippen molar-refractivity contribution in [1.29, 1.82) is 0 Å². The first-order valence-corrected chi connectivity index (χ1v) is 5.37. The normalized spacial score (nSPS) is 28.6. The zero-order chi connectivity index (χ0) is 10.1. The highest BCUT2D eigenvalue weighted by Crippen LogP contribution is 2.29. The summed E-state index contributed by atoms with van der Waals surface area (Å²) in [5.74, 6) is 0.758. The molecule has 1 fully saturated rings. The summed E-state index contributed by atoms with van der Waals surface area (Å²) in [4.78, 5) is 2.41. The zero-order valence-electron chi connectivity index (χ0n) is 9.38. The first kappa shape index (κ1) is 11.0. The molecule has 2 nitrogen and oxygen atoms in total. The van der Waals surface area contributed by atoms with Gasteiger partial charge in [-0.05, 0) is 39.2 Å². The number of hydrogen-bond acceptors (Lipinski definition) is 2. The van der Waals surface area contributed by atoms with E-state index in [1.807, 2.05) is 0 Å². The lowest BCUT2D eigenvalue weighted by Crippen LogP contribution is -2.45. The highest BCUT2D eigenvalue weighted by molar-refractivity contribution is 4.95. The Hall–Kier alpha value is -0.0800. The van der Waals surface area contributed by atoms with Crippen molar-refractivity contribution in [1.82, 2.24) is 4.90 Å². The summed E-state index contributed by atoms with van der Waals surface area (Å²) >= 11 is 0. The van der Waals surface area contributed by atoms with Crippen LogP contribution in [0.2, 0.25) is 0 Å². The Morgan fingerprint density at radius 3 is 2.46 bits per heavy atom. The van der Waals surface area contributed by atoms with E-state index in [-0.39, 0.29) is 11.6 Å². The van der Waals surface area contributed by atoms with Gasteiger partial charge in [-0.15, -0.1) is 0 Å². The molecule has 1 unspecified atom stereocenters. The molecule has 0 aromatic carbocycles. The lowest BCUT2D eigenvalue weighted by Gasteiger charge is -2.34. The fourth-order valence-corrected chi connectivity index (χ4v) is 1.94. The van der Waals surface area contributed by atoms with Gasteiger partial charge in [-0.3, -0.25) is 4.90 Å². The third-order valence-electron chi connectivity index (χ3n) is 3.28. The van der Waals surface area contributed by atoms with Gasteiger partial charge in [0.2, 0.25) is 0 Å². The van der Waals surface area contributed by atoms with Gasteiger partial charge in [0.1, 0.15) is 0 Å². The summed E-state index contributed by atoms with van der Waals surface area (Å²) in [6, 6.07) is 0. The number of nitrogens with zero attached hydrogens (tertiary/aromatic N) is 1. The average molecular weight is 185 g/mol. The van der Waals surface area contributed by atoms with Gasteiger partial charge in [-0.2, -0.15) is 0 Å². The Bertz CT molecular complexity index is 165. The summed E-state index contributed by atoms with van der Waals surface area (Å²) in [6.45, 7) is 11.0. The number of aliphatic hydroxyl groups excluding tert-OH is 1. The number of likely N-dealkylation sites (tertiary alicyclic amines) is 1.